The van der Waals surface area contributed by atoms with Crippen molar-refractivity contribution >= 4 is 43.9 Å². The molecular weight excluding hydrogens is 525 g/mol. The number of halogens is 4. The zero-order chi connectivity index (χ0) is 26.1. The number of ether oxygens (including phenoxy) is 1. The molecule has 0 amide bonds. The number of thiophene rings is 1. The van der Waals surface area contributed by atoms with Crippen molar-refractivity contribution in [1.82, 2.24) is 14.9 Å². The summed E-state index contributed by atoms with van der Waals surface area (Å²) < 4.78 is 50.8. The van der Waals surface area contributed by atoms with E-state index in [-0.39, 0.29) is 55.3 Å². The molecule has 2 aromatic carbocycles. The molecule has 2 fully saturated rings. The number of fused-ring (bicyclic) bond motifs is 3. The molecule has 4 aromatic rings. The molecule has 6 nitrogen and oxygen atoms in total. The van der Waals surface area contributed by atoms with Crippen LogP contribution in [0.2, 0.25) is 5.02 Å². The van der Waals surface area contributed by atoms with Crippen LogP contribution >= 0.6 is 22.9 Å². The van der Waals surface area contributed by atoms with Crippen LogP contribution in [-0.4, -0.2) is 51.4 Å². The minimum atomic E-state index is -0.941. The summed E-state index contributed by atoms with van der Waals surface area (Å²) in [6.45, 7) is 2.93. The largest absolute Gasteiger partial charge is 0.493 e. The highest BCUT2D eigenvalue weighted by Gasteiger charge is 2.49. The van der Waals surface area contributed by atoms with Crippen LogP contribution in [-0.2, 0) is 0 Å². The molecule has 2 aliphatic heterocycles. The smallest absolute Gasteiger partial charge is 0.320 e. The standard InChI is InChI=1S/C26H20ClF3N4O2S/c1-12-16(9-31)19-14(3-4-18(29)23(19)37-12)20-17(27)7-15-22(21(20)30)32-25(33-24(15)35)36-11-26-5-2-6-34(26)10-13(28)8-26/h3-4,7,13H,2,5-6,8,10-11H2,1H3,(H,32,33,35)/t13-,26+/m1/s1. The number of aromatic nitrogens is 2. The number of aromatic hydroxyl groups is 1. The number of rotatable bonds is 4. The third-order valence-electron chi connectivity index (χ3n) is 7.42. The Kier molecular flexibility index (Phi) is 5.71. The molecule has 0 unspecified atom stereocenters. The van der Waals surface area contributed by atoms with Gasteiger partial charge in [-0.15, -0.1) is 11.3 Å². The Balaban J connectivity index is 1.47. The molecule has 0 spiro atoms. The lowest BCUT2D eigenvalue weighted by atomic mass is 9.95. The number of aryl methyl sites for hydroxylation is 1. The Morgan fingerprint density at radius 1 is 1.35 bits per heavy atom. The van der Waals surface area contributed by atoms with E-state index in [2.05, 4.69) is 20.9 Å². The summed E-state index contributed by atoms with van der Waals surface area (Å²) in [4.78, 5) is 10.8. The quantitative estimate of drug-likeness (QED) is 0.325. The predicted molar refractivity (Wildman–Crippen MR) is 135 cm³/mol. The fourth-order valence-electron chi connectivity index (χ4n) is 5.75. The minimum Gasteiger partial charge on any atom is -0.493 e. The Morgan fingerprint density at radius 3 is 2.95 bits per heavy atom. The summed E-state index contributed by atoms with van der Waals surface area (Å²) in [5.74, 6) is -1.91. The number of benzene rings is 2. The third kappa shape index (κ3) is 3.71. The molecule has 11 heteroatoms. The average Bonchev–Trinajstić information content (AvgIpc) is 3.49. The molecule has 2 aromatic heterocycles. The molecule has 190 valence electrons. The van der Waals surface area contributed by atoms with Crippen LogP contribution < -0.4 is 4.74 Å². The van der Waals surface area contributed by atoms with Crippen molar-refractivity contribution in [1.29, 1.82) is 5.26 Å². The van der Waals surface area contributed by atoms with Crippen LogP contribution in [0.3, 0.4) is 0 Å². The first-order chi connectivity index (χ1) is 17.7. The maximum atomic E-state index is 16.1. The topological polar surface area (TPSA) is 82.3 Å². The van der Waals surface area contributed by atoms with Crippen molar-refractivity contribution in [2.75, 3.05) is 19.7 Å². The number of hydrogen-bond donors (Lipinski definition) is 1. The van der Waals surface area contributed by atoms with Gasteiger partial charge in [-0.05, 0) is 44.0 Å². The molecule has 6 rings (SSSR count). The van der Waals surface area contributed by atoms with Crippen molar-refractivity contribution in [2.45, 2.75) is 37.9 Å². The van der Waals surface area contributed by atoms with Crippen molar-refractivity contribution in [3.05, 3.63) is 45.3 Å². The monoisotopic (exact) mass is 544 g/mol. The van der Waals surface area contributed by atoms with E-state index < -0.39 is 29.2 Å². The van der Waals surface area contributed by atoms with Gasteiger partial charge in [0.15, 0.2) is 5.82 Å². The minimum absolute atomic E-state index is 0.0238. The molecular formula is C26H20ClF3N4O2S. The zero-order valence-corrected chi connectivity index (χ0v) is 21.2. The van der Waals surface area contributed by atoms with E-state index in [9.17, 15) is 19.1 Å². The van der Waals surface area contributed by atoms with Crippen molar-refractivity contribution in [3.63, 3.8) is 0 Å². The van der Waals surface area contributed by atoms with Gasteiger partial charge in [0.25, 0.3) is 0 Å². The van der Waals surface area contributed by atoms with E-state index >= 15 is 4.39 Å². The van der Waals surface area contributed by atoms with Crippen LogP contribution in [0, 0.1) is 29.9 Å². The summed E-state index contributed by atoms with van der Waals surface area (Å²) in [7, 11) is 0. The second-order valence-corrected chi connectivity index (χ2v) is 11.2. The van der Waals surface area contributed by atoms with E-state index in [4.69, 9.17) is 16.3 Å². The van der Waals surface area contributed by atoms with Crippen LogP contribution in [0.1, 0.15) is 29.7 Å². The van der Waals surface area contributed by atoms with Gasteiger partial charge in [-0.3, -0.25) is 4.90 Å². The molecule has 0 aliphatic carbocycles. The summed E-state index contributed by atoms with van der Waals surface area (Å²) in [6, 6.07) is 5.74. The van der Waals surface area contributed by atoms with E-state index in [1.807, 2.05) is 0 Å². The van der Waals surface area contributed by atoms with E-state index in [0.717, 1.165) is 30.7 Å². The highest BCUT2D eigenvalue weighted by molar-refractivity contribution is 7.19. The Hall–Kier alpha value is -3.13. The number of nitrogens with zero attached hydrogens (tertiary/aromatic N) is 4. The molecule has 2 saturated heterocycles. The van der Waals surface area contributed by atoms with Gasteiger partial charge in [0.05, 0.1) is 26.2 Å². The maximum absolute atomic E-state index is 16.1. The Bertz CT molecular complexity index is 1640. The second kappa shape index (κ2) is 8.72. The Labute approximate surface area is 218 Å². The first-order valence-electron chi connectivity index (χ1n) is 11.7. The molecule has 0 radical (unpaired) electrons. The lowest BCUT2D eigenvalue weighted by Crippen LogP contribution is -2.43. The van der Waals surface area contributed by atoms with Gasteiger partial charge >= 0.3 is 6.01 Å². The van der Waals surface area contributed by atoms with Crippen LogP contribution in [0.15, 0.2) is 18.2 Å². The fraction of sp³-hybridized carbons (Fsp3) is 0.346. The fourth-order valence-corrected chi connectivity index (χ4v) is 7.08. The van der Waals surface area contributed by atoms with Gasteiger partial charge in [-0.1, -0.05) is 17.7 Å². The molecule has 0 saturated carbocycles. The molecule has 1 N–H and O–H groups in total. The molecule has 37 heavy (non-hydrogen) atoms. The zero-order valence-electron chi connectivity index (χ0n) is 19.6. The molecule has 2 aliphatic rings. The van der Waals surface area contributed by atoms with Gasteiger partial charge in [0.1, 0.15) is 30.2 Å². The number of hydrogen-bond acceptors (Lipinski definition) is 7. The molecule has 4 heterocycles. The van der Waals surface area contributed by atoms with Crippen molar-refractivity contribution in [2.24, 2.45) is 0 Å². The van der Waals surface area contributed by atoms with Crippen LogP contribution in [0.5, 0.6) is 11.9 Å². The Morgan fingerprint density at radius 2 is 2.16 bits per heavy atom. The van der Waals surface area contributed by atoms with E-state index in [1.165, 1.54) is 18.2 Å². The molecule has 2 atom stereocenters. The number of nitriles is 1. The lowest BCUT2D eigenvalue weighted by Gasteiger charge is -2.30. The number of alkyl halides is 1. The van der Waals surface area contributed by atoms with Gasteiger partial charge in [0.2, 0.25) is 5.88 Å². The van der Waals surface area contributed by atoms with Gasteiger partial charge in [-0.2, -0.15) is 15.2 Å². The van der Waals surface area contributed by atoms with Gasteiger partial charge < -0.3 is 9.84 Å². The molecule has 0 bridgehead atoms. The van der Waals surface area contributed by atoms with E-state index in [0.29, 0.717) is 17.8 Å². The first-order valence-corrected chi connectivity index (χ1v) is 12.9. The van der Waals surface area contributed by atoms with Gasteiger partial charge in [-0.25, -0.2) is 13.2 Å². The summed E-state index contributed by atoms with van der Waals surface area (Å²) in [5, 5.41) is 20.4. The highest BCUT2D eigenvalue weighted by atomic mass is 35.5. The summed E-state index contributed by atoms with van der Waals surface area (Å²) in [5.41, 5.74) is -0.304. The lowest BCUT2D eigenvalue weighted by molar-refractivity contribution is 0.107. The van der Waals surface area contributed by atoms with E-state index in [1.54, 1.807) is 6.92 Å². The predicted octanol–water partition coefficient (Wildman–Crippen LogP) is 6.28. The third-order valence-corrected chi connectivity index (χ3v) is 8.83. The van der Waals surface area contributed by atoms with Crippen LogP contribution in [0.4, 0.5) is 13.2 Å². The highest BCUT2D eigenvalue weighted by Crippen LogP contribution is 2.45. The van der Waals surface area contributed by atoms with Gasteiger partial charge in [0, 0.05) is 28.8 Å². The summed E-state index contributed by atoms with van der Waals surface area (Å²) >= 11 is 7.57. The van der Waals surface area contributed by atoms with Crippen molar-refractivity contribution in [3.8, 4) is 29.1 Å². The average molecular weight is 545 g/mol. The SMILES string of the molecule is Cc1sc2c(F)ccc(-c3c(Cl)cc4c(O)nc(OC[C@@]56CCCN5C[C@H](F)C6)nc4c3F)c2c1C#N. The van der Waals surface area contributed by atoms with Crippen LogP contribution in [0.25, 0.3) is 32.1 Å². The maximum Gasteiger partial charge on any atom is 0.320 e. The normalized spacial score (nSPS) is 21.6. The van der Waals surface area contributed by atoms with Crippen molar-refractivity contribution < 1.29 is 23.0 Å². The first kappa shape index (κ1) is 24.2. The second-order valence-electron chi connectivity index (χ2n) is 9.58. The summed E-state index contributed by atoms with van der Waals surface area (Å²) in [6.07, 6.45) is 1.09.